The SMILES string of the molecule is O=C(c1cccc(Cl)c1)N1CCC[C@H](c2nc(-c3cccs3)no2)C1. The van der Waals surface area contributed by atoms with Crippen LogP contribution in [0.4, 0.5) is 0 Å². The lowest BCUT2D eigenvalue weighted by Crippen LogP contribution is -2.39. The van der Waals surface area contributed by atoms with E-state index in [-0.39, 0.29) is 11.8 Å². The molecular formula is C18H16ClN3O2S. The summed E-state index contributed by atoms with van der Waals surface area (Å²) in [5.74, 6) is 1.28. The topological polar surface area (TPSA) is 59.2 Å². The molecule has 4 rings (SSSR count). The van der Waals surface area contributed by atoms with Crippen LogP contribution in [0.2, 0.25) is 5.02 Å². The van der Waals surface area contributed by atoms with E-state index in [0.29, 0.717) is 28.8 Å². The van der Waals surface area contributed by atoms with Crippen LogP contribution in [0.1, 0.15) is 35.0 Å². The minimum Gasteiger partial charge on any atom is -0.339 e. The van der Waals surface area contributed by atoms with Gasteiger partial charge in [-0.25, -0.2) is 0 Å². The van der Waals surface area contributed by atoms with Crippen LogP contribution in [0.25, 0.3) is 10.7 Å². The summed E-state index contributed by atoms with van der Waals surface area (Å²) in [6.45, 7) is 1.31. The normalized spacial score (nSPS) is 17.6. The summed E-state index contributed by atoms with van der Waals surface area (Å²) in [4.78, 5) is 20.1. The fourth-order valence-electron chi connectivity index (χ4n) is 3.07. The lowest BCUT2D eigenvalue weighted by Gasteiger charge is -2.31. The highest BCUT2D eigenvalue weighted by Gasteiger charge is 2.29. The Labute approximate surface area is 154 Å². The Balaban J connectivity index is 1.50. The first-order chi connectivity index (χ1) is 12.2. The molecule has 1 saturated heterocycles. The number of carbonyl (C=O) groups excluding carboxylic acids is 1. The molecule has 5 nitrogen and oxygen atoms in total. The maximum atomic E-state index is 12.7. The Bertz CT molecular complexity index is 878. The van der Waals surface area contributed by atoms with Crippen LogP contribution >= 0.6 is 22.9 Å². The molecule has 3 aromatic rings. The summed E-state index contributed by atoms with van der Waals surface area (Å²) in [6.07, 6.45) is 1.85. The van der Waals surface area contributed by atoms with E-state index in [2.05, 4.69) is 10.1 Å². The molecular weight excluding hydrogens is 358 g/mol. The molecule has 1 aliphatic heterocycles. The van der Waals surface area contributed by atoms with Gasteiger partial charge in [-0.2, -0.15) is 4.98 Å². The van der Waals surface area contributed by atoms with E-state index >= 15 is 0 Å². The molecule has 3 heterocycles. The molecule has 25 heavy (non-hydrogen) atoms. The maximum absolute atomic E-state index is 12.7. The van der Waals surface area contributed by atoms with Crippen LogP contribution in [0, 0.1) is 0 Å². The molecule has 2 aromatic heterocycles. The second kappa shape index (κ2) is 6.98. The predicted molar refractivity (Wildman–Crippen MR) is 96.9 cm³/mol. The molecule has 0 N–H and O–H groups in total. The number of rotatable bonds is 3. The lowest BCUT2D eigenvalue weighted by molar-refractivity contribution is 0.0695. The number of hydrogen-bond donors (Lipinski definition) is 0. The molecule has 0 saturated carbocycles. The van der Waals surface area contributed by atoms with Crippen LogP contribution in [0.3, 0.4) is 0 Å². The number of halogens is 1. The Morgan fingerprint density at radius 3 is 3.04 bits per heavy atom. The lowest BCUT2D eigenvalue weighted by atomic mass is 9.97. The molecule has 1 aliphatic rings. The van der Waals surface area contributed by atoms with Gasteiger partial charge in [0.1, 0.15) is 0 Å². The van der Waals surface area contributed by atoms with Crippen LogP contribution in [0.15, 0.2) is 46.3 Å². The van der Waals surface area contributed by atoms with E-state index in [9.17, 15) is 4.79 Å². The predicted octanol–water partition coefficient (Wildman–Crippen LogP) is 4.47. The van der Waals surface area contributed by atoms with Crippen molar-refractivity contribution in [1.82, 2.24) is 15.0 Å². The second-order valence-corrected chi connectivity index (χ2v) is 7.42. The zero-order valence-corrected chi connectivity index (χ0v) is 15.0. The number of likely N-dealkylation sites (tertiary alicyclic amines) is 1. The van der Waals surface area contributed by atoms with Gasteiger partial charge in [0.05, 0.1) is 10.8 Å². The van der Waals surface area contributed by atoms with Crippen molar-refractivity contribution in [3.8, 4) is 10.7 Å². The standard InChI is InChI=1S/C18H16ClN3O2S/c19-14-6-1-4-12(10-14)18(23)22-8-2-5-13(11-22)17-20-16(21-24-17)15-7-3-9-25-15/h1,3-4,6-7,9-10,13H,2,5,8,11H2/t13-/m0/s1. The number of aromatic nitrogens is 2. The van der Waals surface area contributed by atoms with Crippen molar-refractivity contribution in [3.05, 3.63) is 58.3 Å². The molecule has 0 bridgehead atoms. The third-order valence-electron chi connectivity index (χ3n) is 4.31. The van der Waals surface area contributed by atoms with Crippen molar-refractivity contribution in [1.29, 1.82) is 0 Å². The molecule has 0 radical (unpaired) electrons. The first-order valence-electron chi connectivity index (χ1n) is 8.13. The van der Waals surface area contributed by atoms with Gasteiger partial charge in [0.2, 0.25) is 11.7 Å². The molecule has 128 valence electrons. The quantitative estimate of drug-likeness (QED) is 0.679. The van der Waals surface area contributed by atoms with Gasteiger partial charge in [-0.1, -0.05) is 28.9 Å². The summed E-state index contributed by atoms with van der Waals surface area (Å²) >= 11 is 7.58. The Morgan fingerprint density at radius 2 is 2.24 bits per heavy atom. The van der Waals surface area contributed by atoms with Crippen molar-refractivity contribution in [2.75, 3.05) is 13.1 Å². The van der Waals surface area contributed by atoms with Gasteiger partial charge in [-0.05, 0) is 42.5 Å². The van der Waals surface area contributed by atoms with E-state index in [0.717, 1.165) is 24.3 Å². The first-order valence-corrected chi connectivity index (χ1v) is 9.39. The van der Waals surface area contributed by atoms with Crippen molar-refractivity contribution in [2.45, 2.75) is 18.8 Å². The highest BCUT2D eigenvalue weighted by atomic mass is 35.5. The maximum Gasteiger partial charge on any atom is 0.253 e. The Hall–Kier alpha value is -2.18. The number of hydrogen-bond acceptors (Lipinski definition) is 5. The van der Waals surface area contributed by atoms with Crippen molar-refractivity contribution in [2.24, 2.45) is 0 Å². The fourth-order valence-corrected chi connectivity index (χ4v) is 3.91. The van der Waals surface area contributed by atoms with Crippen molar-refractivity contribution >= 4 is 28.8 Å². The van der Waals surface area contributed by atoms with E-state index in [4.69, 9.17) is 16.1 Å². The number of carbonyl (C=O) groups is 1. The first kappa shape index (κ1) is 16.3. The second-order valence-electron chi connectivity index (χ2n) is 6.03. The molecule has 7 heteroatoms. The summed E-state index contributed by atoms with van der Waals surface area (Å²) < 4.78 is 5.47. The van der Waals surface area contributed by atoms with Gasteiger partial charge in [0.15, 0.2) is 0 Å². The summed E-state index contributed by atoms with van der Waals surface area (Å²) in [5, 5.41) is 6.63. The monoisotopic (exact) mass is 373 g/mol. The molecule has 0 aliphatic carbocycles. The highest BCUT2D eigenvalue weighted by Crippen LogP contribution is 2.29. The number of benzene rings is 1. The summed E-state index contributed by atoms with van der Waals surface area (Å²) in [5.41, 5.74) is 0.609. The molecule has 0 spiro atoms. The zero-order valence-electron chi connectivity index (χ0n) is 13.4. The van der Waals surface area contributed by atoms with Crippen molar-refractivity contribution in [3.63, 3.8) is 0 Å². The van der Waals surface area contributed by atoms with Gasteiger partial charge < -0.3 is 9.42 Å². The number of amides is 1. The van der Waals surface area contributed by atoms with E-state index in [1.165, 1.54) is 0 Å². The highest BCUT2D eigenvalue weighted by molar-refractivity contribution is 7.13. The molecule has 0 unspecified atom stereocenters. The minimum absolute atomic E-state index is 0.00908. The Morgan fingerprint density at radius 1 is 1.32 bits per heavy atom. The van der Waals surface area contributed by atoms with Gasteiger partial charge in [0.25, 0.3) is 5.91 Å². The van der Waals surface area contributed by atoms with Crippen LogP contribution < -0.4 is 0 Å². The van der Waals surface area contributed by atoms with Gasteiger partial charge in [-0.3, -0.25) is 4.79 Å². The van der Waals surface area contributed by atoms with E-state index in [1.807, 2.05) is 22.4 Å². The molecule has 1 aromatic carbocycles. The summed E-state index contributed by atoms with van der Waals surface area (Å²) in [6, 6.07) is 11.0. The molecule has 1 amide bonds. The minimum atomic E-state index is -0.00908. The zero-order chi connectivity index (χ0) is 17.2. The van der Waals surface area contributed by atoms with Gasteiger partial charge in [-0.15, -0.1) is 11.3 Å². The van der Waals surface area contributed by atoms with E-state index < -0.39 is 0 Å². The Kier molecular flexibility index (Phi) is 4.55. The smallest absolute Gasteiger partial charge is 0.253 e. The molecule has 1 fully saturated rings. The third kappa shape index (κ3) is 3.45. The van der Waals surface area contributed by atoms with Gasteiger partial charge >= 0.3 is 0 Å². The van der Waals surface area contributed by atoms with Crippen molar-refractivity contribution < 1.29 is 9.32 Å². The van der Waals surface area contributed by atoms with Crippen LogP contribution in [0.5, 0.6) is 0 Å². The van der Waals surface area contributed by atoms with Crippen LogP contribution in [-0.2, 0) is 0 Å². The van der Waals surface area contributed by atoms with Crippen LogP contribution in [-0.4, -0.2) is 34.0 Å². The fraction of sp³-hybridized carbons (Fsp3) is 0.278. The van der Waals surface area contributed by atoms with Gasteiger partial charge in [0, 0.05) is 23.7 Å². The molecule has 1 atom stereocenters. The van der Waals surface area contributed by atoms with E-state index in [1.54, 1.807) is 35.6 Å². The number of nitrogens with zero attached hydrogens (tertiary/aromatic N) is 3. The number of thiophene rings is 1. The summed E-state index contributed by atoms with van der Waals surface area (Å²) in [7, 11) is 0. The number of piperidine rings is 1. The third-order valence-corrected chi connectivity index (χ3v) is 5.41. The average molecular weight is 374 g/mol. The largest absolute Gasteiger partial charge is 0.339 e. The average Bonchev–Trinajstić information content (AvgIpc) is 3.32.